The summed E-state index contributed by atoms with van der Waals surface area (Å²) in [5, 5.41) is 5.99. The van der Waals surface area contributed by atoms with E-state index in [9.17, 15) is 4.79 Å². The standard InChI is InChI=1S/C19H25N3O3S/c1-4-16-15(14-8-5-6-9-17(14)25-16)10-11-18(23)21-22(2)19(26)20-12-7-13-24-3/h5-6,8-11H,4,7,12-13H2,1-3H3,(H,20,26)(H,21,23)/b11-10+. The number of fused-ring (bicyclic) bond motifs is 1. The lowest BCUT2D eigenvalue weighted by molar-refractivity contribution is -0.119. The van der Waals surface area contributed by atoms with E-state index >= 15 is 0 Å². The van der Waals surface area contributed by atoms with Crippen molar-refractivity contribution < 1.29 is 13.9 Å². The molecule has 0 unspecified atom stereocenters. The summed E-state index contributed by atoms with van der Waals surface area (Å²) in [6.45, 7) is 3.37. The maximum atomic E-state index is 12.2. The van der Waals surface area contributed by atoms with Gasteiger partial charge in [-0.1, -0.05) is 25.1 Å². The van der Waals surface area contributed by atoms with Crippen LogP contribution in [0.15, 0.2) is 34.8 Å². The highest BCUT2D eigenvalue weighted by Gasteiger charge is 2.11. The van der Waals surface area contributed by atoms with Gasteiger partial charge in [0.1, 0.15) is 11.3 Å². The van der Waals surface area contributed by atoms with Crippen LogP contribution < -0.4 is 10.7 Å². The Kier molecular flexibility index (Phi) is 7.62. The average molecular weight is 375 g/mol. The molecule has 0 saturated heterocycles. The molecule has 0 aliphatic heterocycles. The van der Waals surface area contributed by atoms with Crippen LogP contribution in [0.25, 0.3) is 17.0 Å². The van der Waals surface area contributed by atoms with E-state index in [0.717, 1.165) is 35.1 Å². The van der Waals surface area contributed by atoms with Crippen LogP contribution in [0.1, 0.15) is 24.7 Å². The second kappa shape index (κ2) is 9.94. The van der Waals surface area contributed by atoms with Gasteiger partial charge in [-0.25, -0.2) is 0 Å². The third kappa shape index (κ3) is 5.31. The summed E-state index contributed by atoms with van der Waals surface area (Å²) in [6, 6.07) is 7.80. The first kappa shape index (κ1) is 19.9. The minimum absolute atomic E-state index is 0.263. The number of hydrazine groups is 1. The van der Waals surface area contributed by atoms with Crippen molar-refractivity contribution in [2.24, 2.45) is 0 Å². The highest BCUT2D eigenvalue weighted by molar-refractivity contribution is 7.80. The molecular weight excluding hydrogens is 350 g/mol. The van der Waals surface area contributed by atoms with Gasteiger partial charge in [0, 0.05) is 50.8 Å². The lowest BCUT2D eigenvalue weighted by Gasteiger charge is -2.20. The van der Waals surface area contributed by atoms with Crippen LogP contribution in [0.5, 0.6) is 0 Å². The molecule has 0 saturated carbocycles. The number of hydrogen-bond donors (Lipinski definition) is 2. The van der Waals surface area contributed by atoms with Crippen molar-refractivity contribution in [3.8, 4) is 0 Å². The first-order valence-electron chi connectivity index (χ1n) is 8.56. The molecule has 2 rings (SSSR count). The molecule has 2 N–H and O–H groups in total. The monoisotopic (exact) mass is 375 g/mol. The van der Waals surface area contributed by atoms with Crippen molar-refractivity contribution in [2.45, 2.75) is 19.8 Å². The van der Waals surface area contributed by atoms with Crippen LogP contribution in [0.3, 0.4) is 0 Å². The van der Waals surface area contributed by atoms with Crippen LogP contribution in [0.2, 0.25) is 0 Å². The molecule has 0 radical (unpaired) electrons. The van der Waals surface area contributed by atoms with Gasteiger partial charge >= 0.3 is 0 Å². The number of nitrogens with zero attached hydrogens (tertiary/aromatic N) is 1. The minimum atomic E-state index is -0.263. The normalized spacial score (nSPS) is 11.0. The minimum Gasteiger partial charge on any atom is -0.460 e. The molecule has 7 heteroatoms. The first-order chi connectivity index (χ1) is 12.6. The smallest absolute Gasteiger partial charge is 0.262 e. The van der Waals surface area contributed by atoms with Crippen LogP contribution in [0, 0.1) is 0 Å². The summed E-state index contributed by atoms with van der Waals surface area (Å²) >= 11 is 5.23. The topological polar surface area (TPSA) is 66.7 Å². The maximum absolute atomic E-state index is 12.2. The number of carbonyl (C=O) groups is 1. The Morgan fingerprint density at radius 2 is 2.15 bits per heavy atom. The number of methoxy groups -OCH3 is 1. The van der Waals surface area contributed by atoms with Crippen molar-refractivity contribution in [3.05, 3.63) is 41.7 Å². The van der Waals surface area contributed by atoms with Crippen molar-refractivity contribution in [2.75, 3.05) is 27.3 Å². The predicted molar refractivity (Wildman–Crippen MR) is 108 cm³/mol. The number of amides is 1. The molecule has 2 aromatic rings. The number of furan rings is 1. The Labute approximate surface area is 159 Å². The molecule has 1 aromatic heterocycles. The molecule has 0 aliphatic rings. The average Bonchev–Trinajstić information content (AvgIpc) is 3.01. The SMILES string of the molecule is CCc1oc2ccccc2c1/C=C/C(=O)NN(C)C(=S)NCCCOC. The Balaban J connectivity index is 1.96. The predicted octanol–water partition coefficient (Wildman–Crippen LogP) is 2.88. The van der Waals surface area contributed by atoms with E-state index < -0.39 is 0 Å². The van der Waals surface area contributed by atoms with Crippen LogP contribution in [-0.2, 0) is 16.0 Å². The van der Waals surface area contributed by atoms with Gasteiger partial charge in [-0.15, -0.1) is 0 Å². The molecule has 140 valence electrons. The molecule has 0 atom stereocenters. The number of carbonyl (C=O) groups excluding carboxylic acids is 1. The van der Waals surface area contributed by atoms with Gasteiger partial charge in [-0.05, 0) is 30.8 Å². The van der Waals surface area contributed by atoms with Gasteiger partial charge in [0.25, 0.3) is 5.91 Å². The highest BCUT2D eigenvalue weighted by Crippen LogP contribution is 2.27. The maximum Gasteiger partial charge on any atom is 0.262 e. The van der Waals surface area contributed by atoms with E-state index in [-0.39, 0.29) is 5.91 Å². The lowest BCUT2D eigenvalue weighted by atomic mass is 10.1. The molecule has 0 spiro atoms. The summed E-state index contributed by atoms with van der Waals surface area (Å²) in [5.41, 5.74) is 4.46. The molecule has 0 aliphatic carbocycles. The van der Waals surface area contributed by atoms with E-state index in [1.807, 2.05) is 31.2 Å². The number of thiocarbonyl (C=S) groups is 1. The lowest BCUT2D eigenvalue weighted by Crippen LogP contribution is -2.47. The quantitative estimate of drug-likeness (QED) is 0.336. The van der Waals surface area contributed by atoms with Crippen LogP contribution in [0.4, 0.5) is 0 Å². The molecule has 0 bridgehead atoms. The number of hydrogen-bond acceptors (Lipinski definition) is 4. The zero-order chi connectivity index (χ0) is 18.9. The molecular formula is C19H25N3O3S. The van der Waals surface area contributed by atoms with Gasteiger partial charge in [0.15, 0.2) is 5.11 Å². The van der Waals surface area contributed by atoms with E-state index in [0.29, 0.717) is 18.3 Å². The van der Waals surface area contributed by atoms with E-state index in [4.69, 9.17) is 21.4 Å². The Morgan fingerprint density at radius 3 is 2.88 bits per heavy atom. The number of aryl methyl sites for hydroxylation is 1. The fourth-order valence-electron chi connectivity index (χ4n) is 2.50. The second-order valence-electron chi connectivity index (χ2n) is 5.74. The third-order valence-corrected chi connectivity index (χ3v) is 4.24. The third-order valence-electron chi connectivity index (χ3n) is 3.82. The summed E-state index contributed by atoms with van der Waals surface area (Å²) in [7, 11) is 3.35. The number of ether oxygens (including phenoxy) is 1. The van der Waals surface area contributed by atoms with Gasteiger partial charge in [0.2, 0.25) is 0 Å². The molecule has 26 heavy (non-hydrogen) atoms. The zero-order valence-electron chi connectivity index (χ0n) is 15.4. The van der Waals surface area contributed by atoms with Gasteiger partial charge in [-0.3, -0.25) is 15.2 Å². The van der Waals surface area contributed by atoms with Gasteiger partial charge < -0.3 is 14.5 Å². The molecule has 1 amide bonds. The number of nitrogens with one attached hydrogen (secondary N) is 2. The largest absolute Gasteiger partial charge is 0.460 e. The fourth-order valence-corrected chi connectivity index (χ4v) is 2.65. The molecule has 1 aromatic carbocycles. The van der Waals surface area contributed by atoms with Crippen molar-refractivity contribution in [1.29, 1.82) is 0 Å². The Morgan fingerprint density at radius 1 is 1.38 bits per heavy atom. The summed E-state index contributed by atoms with van der Waals surface area (Å²) < 4.78 is 10.8. The van der Waals surface area contributed by atoms with Gasteiger partial charge in [0.05, 0.1) is 0 Å². The Bertz CT molecular complexity index is 785. The van der Waals surface area contributed by atoms with E-state index in [1.165, 1.54) is 11.1 Å². The van der Waals surface area contributed by atoms with E-state index in [2.05, 4.69) is 10.7 Å². The summed E-state index contributed by atoms with van der Waals surface area (Å²) in [4.78, 5) is 12.2. The summed E-state index contributed by atoms with van der Waals surface area (Å²) in [6.07, 6.45) is 4.86. The van der Waals surface area contributed by atoms with Gasteiger partial charge in [-0.2, -0.15) is 0 Å². The van der Waals surface area contributed by atoms with Crippen molar-refractivity contribution >= 4 is 40.3 Å². The Hall–Kier alpha value is -2.38. The number of para-hydroxylation sites is 1. The summed E-state index contributed by atoms with van der Waals surface area (Å²) in [5.74, 6) is 0.597. The molecule has 0 fully saturated rings. The highest BCUT2D eigenvalue weighted by atomic mass is 32.1. The first-order valence-corrected chi connectivity index (χ1v) is 8.97. The second-order valence-corrected chi connectivity index (χ2v) is 6.12. The van der Waals surface area contributed by atoms with Crippen LogP contribution in [-0.4, -0.2) is 43.3 Å². The van der Waals surface area contributed by atoms with E-state index in [1.54, 1.807) is 20.2 Å². The fraction of sp³-hybridized carbons (Fsp3) is 0.368. The molecule has 1 heterocycles. The van der Waals surface area contributed by atoms with Crippen molar-refractivity contribution in [1.82, 2.24) is 15.8 Å². The number of rotatable bonds is 7. The van der Waals surface area contributed by atoms with Crippen molar-refractivity contribution in [3.63, 3.8) is 0 Å². The van der Waals surface area contributed by atoms with Crippen LogP contribution >= 0.6 is 12.2 Å². The zero-order valence-corrected chi connectivity index (χ0v) is 16.2. The number of benzene rings is 1. The molecule has 6 nitrogen and oxygen atoms in total.